The molecule has 1 fully saturated rings. The number of carbonyl (C=O) groups is 1. The summed E-state index contributed by atoms with van der Waals surface area (Å²) in [6.45, 7) is 8.72. The molecule has 30 heavy (non-hydrogen) atoms. The van der Waals surface area contributed by atoms with Crippen LogP contribution in [0.3, 0.4) is 0 Å². The monoisotopic (exact) mass is 410 g/mol. The minimum atomic E-state index is -0.503. The highest BCUT2D eigenvalue weighted by molar-refractivity contribution is 5.79. The fourth-order valence-electron chi connectivity index (χ4n) is 3.65. The molecule has 7 heteroatoms. The summed E-state index contributed by atoms with van der Waals surface area (Å²) in [4.78, 5) is 21.2. The number of piperazine rings is 1. The van der Waals surface area contributed by atoms with E-state index < -0.39 is 5.60 Å². The van der Waals surface area contributed by atoms with E-state index in [0.29, 0.717) is 32.7 Å². The van der Waals surface area contributed by atoms with Gasteiger partial charge in [0, 0.05) is 26.2 Å². The lowest BCUT2D eigenvalue weighted by atomic mass is 10.2. The van der Waals surface area contributed by atoms with Crippen molar-refractivity contribution in [3.05, 3.63) is 59.9 Å². The van der Waals surface area contributed by atoms with Crippen LogP contribution in [0.25, 0.3) is 11.0 Å². The number of halogens is 1. The number of rotatable bonds is 3. The van der Waals surface area contributed by atoms with Crippen molar-refractivity contribution in [1.29, 1.82) is 0 Å². The highest BCUT2D eigenvalue weighted by Crippen LogP contribution is 2.25. The van der Waals surface area contributed by atoms with Gasteiger partial charge in [0.05, 0.1) is 17.6 Å². The van der Waals surface area contributed by atoms with Crippen LogP contribution in [0.4, 0.5) is 15.1 Å². The van der Waals surface area contributed by atoms with Gasteiger partial charge in [-0.1, -0.05) is 24.3 Å². The normalized spacial score (nSPS) is 14.9. The Morgan fingerprint density at radius 1 is 1.03 bits per heavy atom. The number of carbonyl (C=O) groups excluding carboxylic acids is 1. The van der Waals surface area contributed by atoms with Crippen molar-refractivity contribution in [2.45, 2.75) is 32.9 Å². The van der Waals surface area contributed by atoms with Gasteiger partial charge in [-0.25, -0.2) is 14.2 Å². The molecule has 1 aromatic heterocycles. The zero-order valence-electron chi connectivity index (χ0n) is 17.6. The molecule has 1 aliphatic heterocycles. The number of imidazole rings is 1. The van der Waals surface area contributed by atoms with E-state index in [2.05, 4.69) is 9.47 Å². The molecule has 1 aliphatic rings. The largest absolute Gasteiger partial charge is 0.444 e. The summed E-state index contributed by atoms with van der Waals surface area (Å²) < 4.78 is 21.0. The molecule has 0 aliphatic carbocycles. The van der Waals surface area contributed by atoms with Gasteiger partial charge in [-0.15, -0.1) is 0 Å². The molecule has 1 saturated heterocycles. The Balaban J connectivity index is 1.56. The Bertz CT molecular complexity index is 1030. The Kier molecular flexibility index (Phi) is 5.37. The van der Waals surface area contributed by atoms with Crippen LogP contribution in [0.5, 0.6) is 0 Å². The molecule has 1 amide bonds. The number of ether oxygens (including phenoxy) is 1. The van der Waals surface area contributed by atoms with Crippen LogP contribution in [0.1, 0.15) is 26.3 Å². The number of fused-ring (bicyclic) bond motifs is 1. The van der Waals surface area contributed by atoms with Gasteiger partial charge < -0.3 is 19.1 Å². The van der Waals surface area contributed by atoms with Crippen LogP contribution in [-0.2, 0) is 11.3 Å². The summed E-state index contributed by atoms with van der Waals surface area (Å²) in [6, 6.07) is 14.6. The van der Waals surface area contributed by atoms with Crippen molar-refractivity contribution in [3.8, 4) is 0 Å². The summed E-state index contributed by atoms with van der Waals surface area (Å²) >= 11 is 0. The van der Waals surface area contributed by atoms with Crippen molar-refractivity contribution >= 4 is 23.1 Å². The number of hydrogen-bond donors (Lipinski definition) is 0. The summed E-state index contributed by atoms with van der Waals surface area (Å²) in [5.74, 6) is 0.622. The average Bonchev–Trinajstić information content (AvgIpc) is 3.07. The van der Waals surface area contributed by atoms with E-state index in [9.17, 15) is 9.18 Å². The minimum Gasteiger partial charge on any atom is -0.444 e. The van der Waals surface area contributed by atoms with Crippen molar-refractivity contribution in [3.63, 3.8) is 0 Å². The molecule has 3 aromatic rings. The summed E-state index contributed by atoms with van der Waals surface area (Å²) in [5.41, 5.74) is 2.46. The highest BCUT2D eigenvalue weighted by Gasteiger charge is 2.28. The maximum atomic E-state index is 13.3. The predicted molar refractivity (Wildman–Crippen MR) is 115 cm³/mol. The average molecular weight is 410 g/mol. The third-order valence-corrected chi connectivity index (χ3v) is 5.10. The first kappa shape index (κ1) is 20.2. The summed E-state index contributed by atoms with van der Waals surface area (Å²) in [7, 11) is 0. The first-order chi connectivity index (χ1) is 14.3. The lowest BCUT2D eigenvalue weighted by Gasteiger charge is -2.36. The van der Waals surface area contributed by atoms with E-state index in [1.807, 2.05) is 45.0 Å². The molecule has 0 saturated carbocycles. The van der Waals surface area contributed by atoms with Gasteiger partial charge in [-0.05, 0) is 50.6 Å². The second kappa shape index (κ2) is 7.97. The van der Waals surface area contributed by atoms with Gasteiger partial charge in [0.15, 0.2) is 0 Å². The molecule has 6 nitrogen and oxygen atoms in total. The van der Waals surface area contributed by atoms with E-state index in [4.69, 9.17) is 9.72 Å². The number of benzene rings is 2. The van der Waals surface area contributed by atoms with Crippen molar-refractivity contribution in [2.24, 2.45) is 0 Å². The Labute approximate surface area is 175 Å². The lowest BCUT2D eigenvalue weighted by molar-refractivity contribution is 0.0240. The predicted octanol–water partition coefficient (Wildman–Crippen LogP) is 4.28. The molecular weight excluding hydrogens is 383 g/mol. The molecule has 0 atom stereocenters. The van der Waals surface area contributed by atoms with Gasteiger partial charge >= 0.3 is 6.09 Å². The van der Waals surface area contributed by atoms with Gasteiger partial charge in [0.25, 0.3) is 0 Å². The summed E-state index contributed by atoms with van der Waals surface area (Å²) in [5, 5.41) is 0. The topological polar surface area (TPSA) is 50.6 Å². The molecular formula is C23H27FN4O2. The molecule has 0 bridgehead atoms. The van der Waals surface area contributed by atoms with Crippen LogP contribution < -0.4 is 4.90 Å². The third kappa shape index (κ3) is 4.40. The molecule has 0 N–H and O–H groups in total. The maximum absolute atomic E-state index is 13.3. The van der Waals surface area contributed by atoms with E-state index >= 15 is 0 Å². The molecule has 4 rings (SSSR count). The number of hydrogen-bond acceptors (Lipinski definition) is 4. The number of amides is 1. The van der Waals surface area contributed by atoms with Crippen LogP contribution in [0.15, 0.2) is 48.5 Å². The molecule has 0 spiro atoms. The van der Waals surface area contributed by atoms with Crippen LogP contribution in [0.2, 0.25) is 0 Å². The number of aromatic nitrogens is 2. The third-order valence-electron chi connectivity index (χ3n) is 5.10. The van der Waals surface area contributed by atoms with E-state index in [-0.39, 0.29) is 11.9 Å². The second-order valence-electron chi connectivity index (χ2n) is 8.57. The van der Waals surface area contributed by atoms with Crippen molar-refractivity contribution in [1.82, 2.24) is 14.5 Å². The summed E-state index contributed by atoms with van der Waals surface area (Å²) in [6.07, 6.45) is -0.276. The highest BCUT2D eigenvalue weighted by atomic mass is 19.1. The fraction of sp³-hybridized carbons (Fsp3) is 0.391. The SMILES string of the molecule is CC(C)(C)OC(=O)N1CCN(c2nc3ccccc3n2Cc2ccc(F)cc2)CC1. The van der Waals surface area contributed by atoms with E-state index in [1.54, 1.807) is 17.0 Å². The maximum Gasteiger partial charge on any atom is 0.410 e. The standard InChI is InChI=1S/C23H27FN4O2/c1-23(2,3)30-22(29)27-14-12-26(13-15-27)21-25-19-6-4-5-7-20(19)28(21)16-17-8-10-18(24)11-9-17/h4-11H,12-16H2,1-3H3. The second-order valence-corrected chi connectivity index (χ2v) is 8.57. The zero-order chi connectivity index (χ0) is 21.3. The first-order valence-corrected chi connectivity index (χ1v) is 10.2. The Morgan fingerprint density at radius 3 is 2.37 bits per heavy atom. The van der Waals surface area contributed by atoms with E-state index in [1.165, 1.54) is 12.1 Å². The first-order valence-electron chi connectivity index (χ1n) is 10.2. The van der Waals surface area contributed by atoms with Gasteiger partial charge in [-0.2, -0.15) is 0 Å². The molecule has 0 unspecified atom stereocenters. The van der Waals surface area contributed by atoms with E-state index in [0.717, 1.165) is 22.5 Å². The van der Waals surface area contributed by atoms with Crippen molar-refractivity contribution < 1.29 is 13.9 Å². The number of anilines is 1. The molecule has 158 valence electrons. The number of nitrogens with zero attached hydrogens (tertiary/aromatic N) is 4. The molecule has 2 aromatic carbocycles. The zero-order valence-corrected chi connectivity index (χ0v) is 17.6. The fourth-order valence-corrected chi connectivity index (χ4v) is 3.65. The number of para-hydroxylation sites is 2. The molecule has 2 heterocycles. The van der Waals surface area contributed by atoms with Gasteiger partial charge in [0.2, 0.25) is 5.95 Å². The quantitative estimate of drug-likeness (QED) is 0.647. The lowest BCUT2D eigenvalue weighted by Crippen LogP contribution is -2.50. The van der Waals surface area contributed by atoms with Gasteiger partial charge in [-0.3, -0.25) is 0 Å². The van der Waals surface area contributed by atoms with Crippen molar-refractivity contribution in [2.75, 3.05) is 31.1 Å². The van der Waals surface area contributed by atoms with Crippen LogP contribution in [0, 0.1) is 5.82 Å². The van der Waals surface area contributed by atoms with Crippen LogP contribution in [-0.4, -0.2) is 52.3 Å². The van der Waals surface area contributed by atoms with Gasteiger partial charge in [0.1, 0.15) is 11.4 Å². The smallest absolute Gasteiger partial charge is 0.410 e. The minimum absolute atomic E-state index is 0.243. The Morgan fingerprint density at radius 2 is 1.70 bits per heavy atom. The Hall–Kier alpha value is -3.09. The molecule has 0 radical (unpaired) electrons. The van der Waals surface area contributed by atoms with Crippen LogP contribution >= 0.6 is 0 Å².